The molecule has 3 rings (SSSR count). The van der Waals surface area contributed by atoms with Crippen LogP contribution in [0.5, 0.6) is 11.6 Å². The first-order chi connectivity index (χ1) is 9.74. The molecule has 0 bridgehead atoms. The Bertz CT molecular complexity index is 789. The number of hydrogen-bond acceptors (Lipinski definition) is 5. The van der Waals surface area contributed by atoms with Crippen LogP contribution >= 0.6 is 0 Å². The monoisotopic (exact) mass is 267 g/mol. The molecule has 1 N–H and O–H groups in total. The normalized spacial score (nSPS) is 10.4. The Morgan fingerprint density at radius 3 is 2.70 bits per heavy atom. The van der Waals surface area contributed by atoms with Crippen molar-refractivity contribution in [3.8, 4) is 11.6 Å². The summed E-state index contributed by atoms with van der Waals surface area (Å²) in [5.74, 6) is -0.552. The maximum absolute atomic E-state index is 11.1. The van der Waals surface area contributed by atoms with E-state index in [9.17, 15) is 4.79 Å². The van der Waals surface area contributed by atoms with Crippen LogP contribution in [0.4, 0.5) is 0 Å². The van der Waals surface area contributed by atoms with Crippen LogP contribution in [0.3, 0.4) is 0 Å². The van der Waals surface area contributed by atoms with Crippen LogP contribution in [0.25, 0.3) is 11.2 Å². The average molecular weight is 267 g/mol. The molecule has 2 aromatic heterocycles. The topological polar surface area (TPSA) is 85.2 Å². The maximum Gasteiger partial charge on any atom is 0.339 e. The highest BCUT2D eigenvalue weighted by Crippen LogP contribution is 2.24. The zero-order valence-corrected chi connectivity index (χ0v) is 10.2. The van der Waals surface area contributed by atoms with Gasteiger partial charge in [-0.2, -0.15) is 4.98 Å². The second-order valence-electron chi connectivity index (χ2n) is 3.95. The summed E-state index contributed by atoms with van der Waals surface area (Å²) in [6.45, 7) is 0. The molecule has 0 aliphatic heterocycles. The van der Waals surface area contributed by atoms with Gasteiger partial charge in [0, 0.05) is 18.5 Å². The second-order valence-corrected chi connectivity index (χ2v) is 3.95. The minimum Gasteiger partial charge on any atom is -0.478 e. The Labute approximate surface area is 113 Å². The number of pyridine rings is 1. The minimum atomic E-state index is -1.05. The van der Waals surface area contributed by atoms with Gasteiger partial charge in [-0.1, -0.05) is 12.1 Å². The summed E-state index contributed by atoms with van der Waals surface area (Å²) in [5, 5.41) is 9.09. The molecule has 3 aromatic rings. The van der Waals surface area contributed by atoms with E-state index in [1.807, 2.05) is 0 Å². The van der Waals surface area contributed by atoms with Crippen LogP contribution < -0.4 is 4.74 Å². The molecule has 0 radical (unpaired) electrons. The largest absolute Gasteiger partial charge is 0.478 e. The number of hydrogen-bond donors (Lipinski definition) is 1. The molecule has 20 heavy (non-hydrogen) atoms. The highest BCUT2D eigenvalue weighted by molar-refractivity contribution is 5.90. The lowest BCUT2D eigenvalue weighted by Crippen LogP contribution is -2.00. The summed E-state index contributed by atoms with van der Waals surface area (Å²) in [5.41, 5.74) is 1.16. The first-order valence-corrected chi connectivity index (χ1v) is 5.82. The van der Waals surface area contributed by atoms with E-state index < -0.39 is 5.97 Å². The van der Waals surface area contributed by atoms with E-state index in [-0.39, 0.29) is 17.2 Å². The Balaban J connectivity index is 1.99. The van der Waals surface area contributed by atoms with Crippen LogP contribution in [0.15, 0.2) is 48.8 Å². The second kappa shape index (κ2) is 4.93. The SMILES string of the molecule is O=C(O)c1ccccc1Oc1ccc2nccnc2n1. The van der Waals surface area contributed by atoms with Gasteiger partial charge in [0.05, 0.1) is 0 Å². The lowest BCUT2D eigenvalue weighted by atomic mass is 10.2. The summed E-state index contributed by atoms with van der Waals surface area (Å²) >= 11 is 0. The Morgan fingerprint density at radius 1 is 1.05 bits per heavy atom. The quantitative estimate of drug-likeness (QED) is 0.784. The number of nitrogens with zero attached hydrogens (tertiary/aromatic N) is 3. The van der Waals surface area contributed by atoms with Gasteiger partial charge in [-0.25, -0.2) is 9.78 Å². The van der Waals surface area contributed by atoms with Crippen LogP contribution in [-0.4, -0.2) is 26.0 Å². The molecular weight excluding hydrogens is 258 g/mol. The van der Waals surface area contributed by atoms with Crippen molar-refractivity contribution in [1.82, 2.24) is 15.0 Å². The van der Waals surface area contributed by atoms with Gasteiger partial charge in [-0.05, 0) is 18.2 Å². The van der Waals surface area contributed by atoms with E-state index >= 15 is 0 Å². The first kappa shape index (κ1) is 12.0. The molecule has 0 saturated heterocycles. The van der Waals surface area contributed by atoms with E-state index in [4.69, 9.17) is 9.84 Å². The number of ether oxygens (including phenoxy) is 1. The van der Waals surface area contributed by atoms with Crippen LogP contribution in [-0.2, 0) is 0 Å². The molecule has 0 spiro atoms. The molecule has 0 unspecified atom stereocenters. The van der Waals surface area contributed by atoms with Crippen molar-refractivity contribution in [2.75, 3.05) is 0 Å². The van der Waals surface area contributed by atoms with E-state index in [2.05, 4.69) is 15.0 Å². The first-order valence-electron chi connectivity index (χ1n) is 5.82. The van der Waals surface area contributed by atoms with Crippen molar-refractivity contribution in [1.29, 1.82) is 0 Å². The van der Waals surface area contributed by atoms with Crippen molar-refractivity contribution in [3.63, 3.8) is 0 Å². The zero-order valence-electron chi connectivity index (χ0n) is 10.2. The van der Waals surface area contributed by atoms with Gasteiger partial charge in [-0.15, -0.1) is 0 Å². The fourth-order valence-electron chi connectivity index (χ4n) is 1.74. The third-order valence-corrected chi connectivity index (χ3v) is 2.64. The lowest BCUT2D eigenvalue weighted by Gasteiger charge is -2.07. The van der Waals surface area contributed by atoms with Crippen molar-refractivity contribution < 1.29 is 14.6 Å². The number of aromatic carboxylic acids is 1. The molecule has 0 amide bonds. The number of carboxylic acids is 1. The zero-order chi connectivity index (χ0) is 13.9. The number of aromatic nitrogens is 3. The molecule has 6 heteroatoms. The smallest absolute Gasteiger partial charge is 0.339 e. The molecular formula is C14H9N3O3. The standard InChI is InChI=1S/C14H9N3O3/c18-14(19)9-3-1-2-4-11(9)20-12-6-5-10-13(17-12)16-8-7-15-10/h1-8H,(H,18,19). The predicted octanol–water partition coefficient (Wildman–Crippen LogP) is 2.52. The van der Waals surface area contributed by atoms with E-state index in [1.165, 1.54) is 12.3 Å². The number of rotatable bonds is 3. The van der Waals surface area contributed by atoms with Gasteiger partial charge in [0.25, 0.3) is 0 Å². The van der Waals surface area contributed by atoms with Gasteiger partial charge in [0.1, 0.15) is 16.8 Å². The molecule has 1 aromatic carbocycles. The predicted molar refractivity (Wildman–Crippen MR) is 70.8 cm³/mol. The van der Waals surface area contributed by atoms with E-state index in [0.29, 0.717) is 11.2 Å². The van der Waals surface area contributed by atoms with Gasteiger partial charge < -0.3 is 9.84 Å². The summed E-state index contributed by atoms with van der Waals surface area (Å²) in [4.78, 5) is 23.5. The minimum absolute atomic E-state index is 0.0774. The van der Waals surface area contributed by atoms with Gasteiger partial charge in [0.2, 0.25) is 5.88 Å². The highest BCUT2D eigenvalue weighted by Gasteiger charge is 2.11. The summed E-state index contributed by atoms with van der Waals surface area (Å²) < 4.78 is 5.52. The van der Waals surface area contributed by atoms with Crippen LogP contribution in [0.2, 0.25) is 0 Å². The molecule has 0 aliphatic carbocycles. The summed E-state index contributed by atoms with van der Waals surface area (Å²) in [6.07, 6.45) is 3.11. The van der Waals surface area contributed by atoms with Gasteiger partial charge >= 0.3 is 5.97 Å². The van der Waals surface area contributed by atoms with E-state index in [0.717, 1.165) is 0 Å². The lowest BCUT2D eigenvalue weighted by molar-refractivity contribution is 0.0694. The molecule has 98 valence electrons. The molecule has 0 saturated carbocycles. The number of carboxylic acid groups (broad SMARTS) is 1. The fraction of sp³-hybridized carbons (Fsp3) is 0. The third kappa shape index (κ3) is 2.26. The molecule has 2 heterocycles. The Kier molecular flexibility index (Phi) is 2.96. The van der Waals surface area contributed by atoms with Crippen LogP contribution in [0, 0.1) is 0 Å². The van der Waals surface area contributed by atoms with Crippen molar-refractivity contribution >= 4 is 17.1 Å². The number of benzene rings is 1. The molecule has 0 aliphatic rings. The third-order valence-electron chi connectivity index (χ3n) is 2.64. The Hall–Kier alpha value is -3.02. The summed E-state index contributed by atoms with van der Waals surface area (Å²) in [6, 6.07) is 9.71. The highest BCUT2D eigenvalue weighted by atomic mass is 16.5. The number of carbonyl (C=O) groups is 1. The average Bonchev–Trinajstić information content (AvgIpc) is 2.47. The molecule has 0 atom stereocenters. The van der Waals surface area contributed by atoms with Crippen molar-refractivity contribution in [3.05, 3.63) is 54.4 Å². The van der Waals surface area contributed by atoms with Crippen LogP contribution in [0.1, 0.15) is 10.4 Å². The van der Waals surface area contributed by atoms with Crippen molar-refractivity contribution in [2.45, 2.75) is 0 Å². The van der Waals surface area contributed by atoms with Gasteiger partial charge in [0.15, 0.2) is 5.65 Å². The van der Waals surface area contributed by atoms with Gasteiger partial charge in [-0.3, -0.25) is 4.98 Å². The molecule has 0 fully saturated rings. The van der Waals surface area contributed by atoms with Crippen molar-refractivity contribution in [2.24, 2.45) is 0 Å². The number of para-hydroxylation sites is 1. The van der Waals surface area contributed by atoms with E-state index in [1.54, 1.807) is 36.5 Å². The Morgan fingerprint density at radius 2 is 1.85 bits per heavy atom. The summed E-state index contributed by atoms with van der Waals surface area (Å²) in [7, 11) is 0. The number of fused-ring (bicyclic) bond motifs is 1. The fourth-order valence-corrected chi connectivity index (χ4v) is 1.74. The molecule has 6 nitrogen and oxygen atoms in total. The maximum atomic E-state index is 11.1.